The lowest BCUT2D eigenvalue weighted by Gasteiger charge is -2.30. The van der Waals surface area contributed by atoms with E-state index in [1.807, 2.05) is 61.5 Å². The van der Waals surface area contributed by atoms with E-state index in [0.717, 1.165) is 11.4 Å². The number of urea groups is 1. The Morgan fingerprint density at radius 1 is 0.935 bits per heavy atom. The number of carbonyl (C=O) groups is 3. The van der Waals surface area contributed by atoms with Crippen molar-refractivity contribution in [3.63, 3.8) is 0 Å². The van der Waals surface area contributed by atoms with Crippen LogP contribution in [0.25, 0.3) is 0 Å². The van der Waals surface area contributed by atoms with Gasteiger partial charge in [0.05, 0.1) is 5.92 Å². The second kappa shape index (κ2) is 10.5. The standard InChI is InChI=1S/C23H28N4O4/c1-26(2)20-10-8-19(9-11-20)24-21(28)16-31-22(29)17-12-14-27(15-13-17)23(30)25-18-6-4-3-5-7-18/h3-11,17H,12-16H2,1-2H3,(H,24,28)(H,25,30). The van der Waals surface area contributed by atoms with Crippen molar-refractivity contribution < 1.29 is 19.1 Å². The fourth-order valence-electron chi connectivity index (χ4n) is 3.34. The van der Waals surface area contributed by atoms with Gasteiger partial charge in [-0.3, -0.25) is 9.59 Å². The third kappa shape index (κ3) is 6.47. The maximum atomic E-state index is 12.3. The smallest absolute Gasteiger partial charge is 0.321 e. The van der Waals surface area contributed by atoms with E-state index in [1.54, 1.807) is 17.0 Å². The van der Waals surface area contributed by atoms with Crippen LogP contribution in [0.3, 0.4) is 0 Å². The zero-order chi connectivity index (χ0) is 22.2. The van der Waals surface area contributed by atoms with Crippen molar-refractivity contribution in [3.8, 4) is 0 Å². The van der Waals surface area contributed by atoms with Gasteiger partial charge in [0.2, 0.25) is 0 Å². The zero-order valence-electron chi connectivity index (χ0n) is 17.8. The average Bonchev–Trinajstić information content (AvgIpc) is 2.78. The van der Waals surface area contributed by atoms with E-state index in [1.165, 1.54) is 0 Å². The first-order valence-corrected chi connectivity index (χ1v) is 10.3. The molecule has 2 aromatic rings. The van der Waals surface area contributed by atoms with E-state index < -0.39 is 5.97 Å². The molecule has 1 heterocycles. The molecule has 2 aromatic carbocycles. The van der Waals surface area contributed by atoms with Crippen LogP contribution in [0.4, 0.5) is 21.9 Å². The summed E-state index contributed by atoms with van der Waals surface area (Å²) in [6.45, 7) is 0.592. The summed E-state index contributed by atoms with van der Waals surface area (Å²) in [5, 5.41) is 5.56. The van der Waals surface area contributed by atoms with Crippen LogP contribution in [0.15, 0.2) is 54.6 Å². The molecule has 0 unspecified atom stereocenters. The summed E-state index contributed by atoms with van der Waals surface area (Å²) in [5.74, 6) is -1.10. The number of likely N-dealkylation sites (tertiary alicyclic amines) is 1. The predicted octanol–water partition coefficient (Wildman–Crippen LogP) is 3.18. The number of rotatable bonds is 6. The number of nitrogens with zero attached hydrogens (tertiary/aromatic N) is 2. The largest absolute Gasteiger partial charge is 0.455 e. The number of ether oxygens (including phenoxy) is 1. The van der Waals surface area contributed by atoms with Crippen molar-refractivity contribution in [2.24, 2.45) is 5.92 Å². The van der Waals surface area contributed by atoms with Crippen LogP contribution in [0.2, 0.25) is 0 Å². The highest BCUT2D eigenvalue weighted by Crippen LogP contribution is 2.20. The molecule has 31 heavy (non-hydrogen) atoms. The van der Waals surface area contributed by atoms with Crippen molar-refractivity contribution >= 4 is 35.0 Å². The number of carbonyl (C=O) groups excluding carboxylic acids is 3. The van der Waals surface area contributed by atoms with Gasteiger partial charge in [-0.05, 0) is 49.2 Å². The molecule has 0 aliphatic carbocycles. The van der Waals surface area contributed by atoms with Gasteiger partial charge in [0, 0.05) is 44.2 Å². The summed E-state index contributed by atoms with van der Waals surface area (Å²) in [5.41, 5.74) is 2.40. The fraction of sp³-hybridized carbons (Fsp3) is 0.348. The number of hydrogen-bond donors (Lipinski definition) is 2. The Morgan fingerprint density at radius 2 is 1.55 bits per heavy atom. The SMILES string of the molecule is CN(C)c1ccc(NC(=O)COC(=O)C2CCN(C(=O)Nc3ccccc3)CC2)cc1. The highest BCUT2D eigenvalue weighted by atomic mass is 16.5. The fourth-order valence-corrected chi connectivity index (χ4v) is 3.34. The Labute approximate surface area is 182 Å². The number of nitrogens with one attached hydrogen (secondary N) is 2. The second-order valence-corrected chi connectivity index (χ2v) is 7.65. The molecule has 0 atom stereocenters. The third-order valence-electron chi connectivity index (χ3n) is 5.15. The first-order chi connectivity index (χ1) is 14.9. The molecule has 1 saturated heterocycles. The quantitative estimate of drug-likeness (QED) is 0.695. The molecule has 0 saturated carbocycles. The molecule has 1 fully saturated rings. The second-order valence-electron chi connectivity index (χ2n) is 7.65. The summed E-state index contributed by atoms with van der Waals surface area (Å²) < 4.78 is 5.19. The Kier molecular flexibility index (Phi) is 7.48. The van der Waals surface area contributed by atoms with Crippen LogP contribution in [-0.4, -0.2) is 56.6 Å². The first kappa shape index (κ1) is 22.1. The van der Waals surface area contributed by atoms with Gasteiger partial charge in [-0.15, -0.1) is 0 Å². The number of anilines is 3. The molecule has 0 spiro atoms. The molecule has 1 aliphatic rings. The van der Waals surface area contributed by atoms with E-state index in [2.05, 4.69) is 10.6 Å². The Balaban J connectivity index is 1.38. The predicted molar refractivity (Wildman–Crippen MR) is 120 cm³/mol. The molecule has 2 N–H and O–H groups in total. The van der Waals surface area contributed by atoms with Gasteiger partial charge in [-0.25, -0.2) is 4.79 Å². The summed E-state index contributed by atoms with van der Waals surface area (Å²) in [6, 6.07) is 16.4. The van der Waals surface area contributed by atoms with Crippen LogP contribution in [0.5, 0.6) is 0 Å². The molecular formula is C23H28N4O4. The van der Waals surface area contributed by atoms with Gasteiger partial charge in [0.25, 0.3) is 5.91 Å². The number of benzene rings is 2. The monoisotopic (exact) mass is 424 g/mol. The molecule has 0 bridgehead atoms. The van der Waals surface area contributed by atoms with Crippen molar-refractivity contribution in [1.82, 2.24) is 4.90 Å². The van der Waals surface area contributed by atoms with Crippen LogP contribution in [0.1, 0.15) is 12.8 Å². The van der Waals surface area contributed by atoms with Crippen LogP contribution in [0, 0.1) is 5.92 Å². The summed E-state index contributed by atoms with van der Waals surface area (Å²) in [6.07, 6.45) is 1.02. The summed E-state index contributed by atoms with van der Waals surface area (Å²) >= 11 is 0. The molecule has 3 rings (SSSR count). The average molecular weight is 425 g/mol. The molecule has 1 aliphatic heterocycles. The lowest BCUT2D eigenvalue weighted by atomic mass is 9.97. The van der Waals surface area contributed by atoms with Crippen molar-refractivity contribution in [1.29, 1.82) is 0 Å². The topological polar surface area (TPSA) is 91.0 Å². The number of amides is 3. The molecule has 0 radical (unpaired) electrons. The van der Waals surface area contributed by atoms with Crippen molar-refractivity contribution in [3.05, 3.63) is 54.6 Å². The highest BCUT2D eigenvalue weighted by Gasteiger charge is 2.28. The van der Waals surface area contributed by atoms with Gasteiger partial charge >= 0.3 is 12.0 Å². The number of hydrogen-bond acceptors (Lipinski definition) is 5. The molecule has 3 amide bonds. The maximum absolute atomic E-state index is 12.3. The number of para-hydroxylation sites is 1. The minimum atomic E-state index is -0.402. The van der Waals surface area contributed by atoms with E-state index in [0.29, 0.717) is 31.6 Å². The van der Waals surface area contributed by atoms with Gasteiger partial charge < -0.3 is 25.2 Å². The number of esters is 1. The van der Waals surface area contributed by atoms with Crippen LogP contribution < -0.4 is 15.5 Å². The zero-order valence-corrected chi connectivity index (χ0v) is 17.8. The van der Waals surface area contributed by atoms with E-state index in [4.69, 9.17) is 4.74 Å². The molecular weight excluding hydrogens is 396 g/mol. The maximum Gasteiger partial charge on any atom is 0.321 e. The minimum Gasteiger partial charge on any atom is -0.455 e. The molecule has 8 nitrogen and oxygen atoms in total. The van der Waals surface area contributed by atoms with Gasteiger partial charge in [0.1, 0.15) is 0 Å². The van der Waals surface area contributed by atoms with E-state index >= 15 is 0 Å². The molecule has 0 aromatic heterocycles. The Morgan fingerprint density at radius 3 is 2.16 bits per heavy atom. The summed E-state index contributed by atoms with van der Waals surface area (Å²) in [7, 11) is 3.88. The lowest BCUT2D eigenvalue weighted by molar-refractivity contribution is -0.152. The Bertz CT molecular complexity index is 892. The van der Waals surface area contributed by atoms with Crippen LogP contribution in [-0.2, 0) is 14.3 Å². The van der Waals surface area contributed by atoms with Gasteiger partial charge in [-0.1, -0.05) is 18.2 Å². The number of piperidine rings is 1. The third-order valence-corrected chi connectivity index (χ3v) is 5.15. The van der Waals surface area contributed by atoms with Crippen molar-refractivity contribution in [2.75, 3.05) is 49.3 Å². The highest BCUT2D eigenvalue weighted by molar-refractivity contribution is 5.93. The lowest BCUT2D eigenvalue weighted by Crippen LogP contribution is -2.43. The molecule has 164 valence electrons. The van der Waals surface area contributed by atoms with Gasteiger partial charge in [-0.2, -0.15) is 0 Å². The van der Waals surface area contributed by atoms with E-state index in [9.17, 15) is 14.4 Å². The molecule has 8 heteroatoms. The summed E-state index contributed by atoms with van der Waals surface area (Å²) in [4.78, 5) is 40.4. The Hall–Kier alpha value is -3.55. The van der Waals surface area contributed by atoms with E-state index in [-0.39, 0.29) is 24.5 Å². The van der Waals surface area contributed by atoms with Gasteiger partial charge in [0.15, 0.2) is 6.61 Å². The minimum absolute atomic E-state index is 0.183. The van der Waals surface area contributed by atoms with Crippen molar-refractivity contribution in [2.45, 2.75) is 12.8 Å². The van der Waals surface area contributed by atoms with Crippen LogP contribution >= 0.6 is 0 Å². The normalized spacial score (nSPS) is 13.9. The first-order valence-electron chi connectivity index (χ1n) is 10.3.